The van der Waals surface area contributed by atoms with E-state index < -0.39 is 0 Å². The summed E-state index contributed by atoms with van der Waals surface area (Å²) in [7, 11) is 0. The van der Waals surface area contributed by atoms with Gasteiger partial charge in [-0.1, -0.05) is 23.3 Å². The Hall–Kier alpha value is -1.67. The van der Waals surface area contributed by atoms with Gasteiger partial charge in [0.15, 0.2) is 0 Å². The van der Waals surface area contributed by atoms with Crippen LogP contribution in [0.25, 0.3) is 10.4 Å². The number of azide groups is 1. The standard InChI is InChI=1S/C7H7N3O/c8-10-9-5-6-3-1-2-4-7(6)11/h1-4,11H,5H2. The van der Waals surface area contributed by atoms with Crippen molar-refractivity contribution in [2.75, 3.05) is 0 Å². The first-order valence-corrected chi connectivity index (χ1v) is 3.12. The number of para-hydroxylation sites is 1. The van der Waals surface area contributed by atoms with Crippen LogP contribution < -0.4 is 0 Å². The van der Waals surface area contributed by atoms with Crippen molar-refractivity contribution in [1.29, 1.82) is 0 Å². The van der Waals surface area contributed by atoms with Gasteiger partial charge >= 0.3 is 0 Å². The maximum absolute atomic E-state index is 9.15. The molecule has 1 N–H and O–H groups in total. The molecule has 0 unspecified atom stereocenters. The van der Waals surface area contributed by atoms with Crippen molar-refractivity contribution < 1.29 is 5.11 Å². The summed E-state index contributed by atoms with van der Waals surface area (Å²) in [6, 6.07) is 6.77. The van der Waals surface area contributed by atoms with Gasteiger partial charge < -0.3 is 5.11 Å². The third-order valence-electron chi connectivity index (χ3n) is 1.30. The highest BCUT2D eigenvalue weighted by molar-refractivity contribution is 5.31. The summed E-state index contributed by atoms with van der Waals surface area (Å²) >= 11 is 0. The van der Waals surface area contributed by atoms with Gasteiger partial charge in [0.1, 0.15) is 5.75 Å². The Morgan fingerprint density at radius 1 is 1.45 bits per heavy atom. The summed E-state index contributed by atoms with van der Waals surface area (Å²) in [5.41, 5.74) is 8.64. The molecule has 4 nitrogen and oxygen atoms in total. The van der Waals surface area contributed by atoms with Gasteiger partial charge in [0.2, 0.25) is 0 Å². The van der Waals surface area contributed by atoms with Crippen molar-refractivity contribution >= 4 is 0 Å². The van der Waals surface area contributed by atoms with E-state index in [1.165, 1.54) is 0 Å². The predicted octanol–water partition coefficient (Wildman–Crippen LogP) is 2.20. The zero-order valence-corrected chi connectivity index (χ0v) is 5.81. The summed E-state index contributed by atoms with van der Waals surface area (Å²) in [4.78, 5) is 2.59. The van der Waals surface area contributed by atoms with Crippen molar-refractivity contribution in [1.82, 2.24) is 0 Å². The number of aromatic hydroxyl groups is 1. The smallest absolute Gasteiger partial charge is 0.118 e. The van der Waals surface area contributed by atoms with Gasteiger partial charge in [-0.25, -0.2) is 0 Å². The molecule has 4 heteroatoms. The van der Waals surface area contributed by atoms with E-state index in [1.54, 1.807) is 24.3 Å². The van der Waals surface area contributed by atoms with Crippen molar-refractivity contribution in [3.63, 3.8) is 0 Å². The molecular formula is C7H7N3O. The minimum atomic E-state index is 0.167. The molecule has 0 aliphatic carbocycles. The largest absolute Gasteiger partial charge is 0.508 e. The summed E-state index contributed by atoms with van der Waals surface area (Å²) in [6.45, 7) is 0.198. The molecule has 0 saturated carbocycles. The van der Waals surface area contributed by atoms with Crippen LogP contribution in [0.2, 0.25) is 0 Å². The second kappa shape index (κ2) is 3.49. The lowest BCUT2D eigenvalue weighted by Gasteiger charge is -1.97. The van der Waals surface area contributed by atoms with E-state index in [0.717, 1.165) is 0 Å². The number of phenols is 1. The quantitative estimate of drug-likeness (QED) is 0.391. The fourth-order valence-corrected chi connectivity index (χ4v) is 0.752. The molecule has 1 aromatic rings. The molecule has 0 bridgehead atoms. The number of benzene rings is 1. The molecule has 0 aliphatic rings. The van der Waals surface area contributed by atoms with Crippen LogP contribution >= 0.6 is 0 Å². The molecule has 11 heavy (non-hydrogen) atoms. The van der Waals surface area contributed by atoms with Gasteiger partial charge in [-0.05, 0) is 17.2 Å². The Kier molecular flexibility index (Phi) is 2.36. The molecule has 0 aromatic heterocycles. The number of hydrogen-bond acceptors (Lipinski definition) is 2. The number of hydrogen-bond donors (Lipinski definition) is 1. The van der Waals surface area contributed by atoms with Crippen molar-refractivity contribution in [3.8, 4) is 5.75 Å². The van der Waals surface area contributed by atoms with Crippen LogP contribution in [0.15, 0.2) is 29.4 Å². The highest BCUT2D eigenvalue weighted by Gasteiger charge is 1.95. The summed E-state index contributed by atoms with van der Waals surface area (Å²) in [6.07, 6.45) is 0. The first-order chi connectivity index (χ1) is 5.34. The second-order valence-corrected chi connectivity index (χ2v) is 2.02. The number of phenolic OH excluding ortho intramolecular Hbond substituents is 1. The Morgan fingerprint density at radius 3 is 2.82 bits per heavy atom. The van der Waals surface area contributed by atoms with E-state index in [9.17, 15) is 0 Å². The minimum absolute atomic E-state index is 0.167. The van der Waals surface area contributed by atoms with Gasteiger partial charge in [0.25, 0.3) is 0 Å². The Balaban J connectivity index is 2.85. The van der Waals surface area contributed by atoms with Gasteiger partial charge in [-0.3, -0.25) is 0 Å². The lowest BCUT2D eigenvalue weighted by atomic mass is 10.2. The first-order valence-electron chi connectivity index (χ1n) is 3.12. The Bertz CT molecular complexity index is 291. The van der Waals surface area contributed by atoms with Crippen LogP contribution in [-0.4, -0.2) is 5.11 Å². The van der Waals surface area contributed by atoms with E-state index in [2.05, 4.69) is 10.0 Å². The molecular weight excluding hydrogens is 142 g/mol. The zero-order valence-electron chi connectivity index (χ0n) is 5.81. The topological polar surface area (TPSA) is 69.0 Å². The zero-order chi connectivity index (χ0) is 8.10. The van der Waals surface area contributed by atoms with Gasteiger partial charge in [0.05, 0.1) is 6.54 Å². The Morgan fingerprint density at radius 2 is 2.18 bits per heavy atom. The average molecular weight is 149 g/mol. The highest BCUT2D eigenvalue weighted by Crippen LogP contribution is 2.15. The van der Waals surface area contributed by atoms with Gasteiger partial charge in [-0.2, -0.15) is 0 Å². The molecule has 56 valence electrons. The third-order valence-corrected chi connectivity index (χ3v) is 1.30. The normalized spacial score (nSPS) is 8.73. The second-order valence-electron chi connectivity index (χ2n) is 2.02. The lowest BCUT2D eigenvalue weighted by Crippen LogP contribution is -1.79. The fraction of sp³-hybridized carbons (Fsp3) is 0.143. The van der Waals surface area contributed by atoms with E-state index in [0.29, 0.717) is 5.56 Å². The molecule has 0 atom stereocenters. The van der Waals surface area contributed by atoms with Crippen LogP contribution in [0.4, 0.5) is 0 Å². The van der Waals surface area contributed by atoms with Crippen molar-refractivity contribution in [2.24, 2.45) is 5.11 Å². The molecule has 0 saturated heterocycles. The third kappa shape index (κ3) is 1.88. The number of rotatable bonds is 2. The Labute approximate surface area is 63.7 Å². The van der Waals surface area contributed by atoms with Crippen LogP contribution in [0.1, 0.15) is 5.56 Å². The molecule has 0 heterocycles. The van der Waals surface area contributed by atoms with Crippen LogP contribution in [-0.2, 0) is 6.54 Å². The molecule has 0 fully saturated rings. The minimum Gasteiger partial charge on any atom is -0.508 e. The van der Waals surface area contributed by atoms with Crippen molar-refractivity contribution in [3.05, 3.63) is 40.3 Å². The van der Waals surface area contributed by atoms with Crippen LogP contribution in [0.5, 0.6) is 5.75 Å². The molecule has 1 aromatic carbocycles. The van der Waals surface area contributed by atoms with Crippen LogP contribution in [0.3, 0.4) is 0 Å². The van der Waals surface area contributed by atoms with Crippen LogP contribution in [0, 0.1) is 0 Å². The maximum Gasteiger partial charge on any atom is 0.118 e. The highest BCUT2D eigenvalue weighted by atomic mass is 16.3. The first kappa shape index (κ1) is 7.44. The van der Waals surface area contributed by atoms with Gasteiger partial charge in [0, 0.05) is 4.91 Å². The molecule has 0 spiro atoms. The summed E-state index contributed by atoms with van der Waals surface area (Å²) in [5.74, 6) is 0.167. The monoisotopic (exact) mass is 149 g/mol. The molecule has 0 radical (unpaired) electrons. The SMILES string of the molecule is [N-]=[N+]=NCc1ccccc1O. The average Bonchev–Trinajstić information content (AvgIpc) is 2.03. The maximum atomic E-state index is 9.15. The predicted molar refractivity (Wildman–Crippen MR) is 41.0 cm³/mol. The van der Waals surface area contributed by atoms with E-state index >= 15 is 0 Å². The van der Waals surface area contributed by atoms with Gasteiger partial charge in [-0.15, -0.1) is 0 Å². The van der Waals surface area contributed by atoms with E-state index in [4.69, 9.17) is 10.6 Å². The summed E-state index contributed by atoms with van der Waals surface area (Å²) in [5, 5.41) is 12.5. The van der Waals surface area contributed by atoms with E-state index in [-0.39, 0.29) is 12.3 Å². The fourth-order valence-electron chi connectivity index (χ4n) is 0.752. The summed E-state index contributed by atoms with van der Waals surface area (Å²) < 4.78 is 0. The van der Waals surface area contributed by atoms with Crippen molar-refractivity contribution in [2.45, 2.75) is 6.54 Å². The lowest BCUT2D eigenvalue weighted by molar-refractivity contribution is 0.468. The van der Waals surface area contributed by atoms with E-state index in [1.807, 2.05) is 0 Å². The number of nitrogens with zero attached hydrogens (tertiary/aromatic N) is 3. The molecule has 0 aliphatic heterocycles. The molecule has 0 amide bonds. The molecule has 1 rings (SSSR count).